The Morgan fingerprint density at radius 3 is 2.92 bits per heavy atom. The summed E-state index contributed by atoms with van der Waals surface area (Å²) in [5, 5.41) is 4.32. The van der Waals surface area contributed by atoms with E-state index < -0.39 is 0 Å². The Labute approximate surface area is 148 Å². The predicted octanol–water partition coefficient (Wildman–Crippen LogP) is 4.03. The zero-order chi connectivity index (χ0) is 17.4. The van der Waals surface area contributed by atoms with E-state index in [4.69, 9.17) is 9.40 Å². The van der Waals surface area contributed by atoms with Gasteiger partial charge in [0.1, 0.15) is 6.26 Å². The molecule has 2 aromatic heterocycles. The number of nitrogens with zero attached hydrogens (tertiary/aromatic N) is 4. The minimum atomic E-state index is 0.426. The van der Waals surface area contributed by atoms with Crippen LogP contribution in [0.4, 0.5) is 0 Å². The average molecular weight is 336 g/mol. The fraction of sp³-hybridized carbons (Fsp3) is 0.400. The first-order valence-electron chi connectivity index (χ1n) is 8.85. The van der Waals surface area contributed by atoms with E-state index in [2.05, 4.69) is 48.2 Å². The van der Waals surface area contributed by atoms with Crippen LogP contribution in [0.5, 0.6) is 0 Å². The first kappa shape index (κ1) is 16.1. The van der Waals surface area contributed by atoms with Crippen molar-refractivity contribution in [2.45, 2.75) is 39.3 Å². The lowest BCUT2D eigenvalue weighted by atomic mass is 10.1. The molecular formula is C20H24N4O. The molecule has 0 spiro atoms. The Balaban J connectivity index is 1.52. The Morgan fingerprint density at radius 2 is 2.16 bits per heavy atom. The molecular weight excluding hydrogens is 312 g/mol. The van der Waals surface area contributed by atoms with Crippen molar-refractivity contribution in [3.05, 3.63) is 59.2 Å². The highest BCUT2D eigenvalue weighted by Gasteiger charge is 2.27. The van der Waals surface area contributed by atoms with Crippen LogP contribution in [0.25, 0.3) is 11.5 Å². The minimum Gasteiger partial charge on any atom is -0.444 e. The fourth-order valence-corrected chi connectivity index (χ4v) is 3.77. The molecule has 0 aliphatic carbocycles. The highest BCUT2D eigenvalue weighted by molar-refractivity contribution is 5.59. The monoisotopic (exact) mass is 336 g/mol. The average Bonchev–Trinajstić information content (AvgIpc) is 3.29. The summed E-state index contributed by atoms with van der Waals surface area (Å²) in [6.07, 6.45) is 8.28. The Morgan fingerprint density at radius 1 is 1.28 bits per heavy atom. The normalized spacial score (nSPS) is 18.1. The van der Waals surface area contributed by atoms with Gasteiger partial charge in [0.2, 0.25) is 5.89 Å². The Bertz CT molecular complexity index is 879. The molecule has 1 unspecified atom stereocenters. The molecule has 1 aromatic carbocycles. The van der Waals surface area contributed by atoms with Crippen molar-refractivity contribution >= 4 is 0 Å². The molecule has 25 heavy (non-hydrogen) atoms. The van der Waals surface area contributed by atoms with E-state index in [1.54, 1.807) is 6.26 Å². The third-order valence-corrected chi connectivity index (χ3v) is 5.00. The van der Waals surface area contributed by atoms with E-state index in [-0.39, 0.29) is 0 Å². The molecule has 3 aromatic rings. The molecule has 130 valence electrons. The van der Waals surface area contributed by atoms with Gasteiger partial charge in [-0.05, 0) is 44.9 Å². The molecule has 5 nitrogen and oxygen atoms in total. The maximum absolute atomic E-state index is 5.77. The summed E-state index contributed by atoms with van der Waals surface area (Å²) in [4.78, 5) is 7.21. The van der Waals surface area contributed by atoms with Crippen LogP contribution in [-0.4, -0.2) is 26.2 Å². The van der Waals surface area contributed by atoms with Gasteiger partial charge in [-0.25, -0.2) is 4.98 Å². The van der Waals surface area contributed by atoms with Gasteiger partial charge in [-0.2, -0.15) is 5.10 Å². The Kier molecular flexibility index (Phi) is 4.17. The number of hydrogen-bond donors (Lipinski definition) is 0. The second-order valence-corrected chi connectivity index (χ2v) is 7.04. The van der Waals surface area contributed by atoms with Crippen molar-refractivity contribution in [3.63, 3.8) is 0 Å². The van der Waals surface area contributed by atoms with E-state index in [1.807, 2.05) is 17.9 Å². The minimum absolute atomic E-state index is 0.426. The molecule has 5 heteroatoms. The van der Waals surface area contributed by atoms with Gasteiger partial charge in [-0.3, -0.25) is 9.58 Å². The molecule has 1 fully saturated rings. The van der Waals surface area contributed by atoms with E-state index in [0.717, 1.165) is 24.3 Å². The standard InChI is InChI=1S/C20H24N4O/c1-14-6-7-18(15(2)9-14)20-22-17(13-25-20)12-24-8-4-5-19(24)16-10-21-23(3)11-16/h6-7,9-11,13,19H,4-5,8,12H2,1-3H3. The molecule has 0 amide bonds. The number of oxazole rings is 1. The SMILES string of the molecule is Cc1ccc(-c2nc(CN3CCCC3c3cnn(C)c3)co2)c(C)c1. The zero-order valence-electron chi connectivity index (χ0n) is 15.1. The van der Waals surface area contributed by atoms with E-state index in [0.29, 0.717) is 11.9 Å². The number of rotatable bonds is 4. The van der Waals surface area contributed by atoms with Gasteiger partial charge in [-0.1, -0.05) is 17.7 Å². The number of benzene rings is 1. The van der Waals surface area contributed by atoms with Crippen molar-refractivity contribution in [1.82, 2.24) is 19.7 Å². The molecule has 0 saturated carbocycles. The van der Waals surface area contributed by atoms with Crippen molar-refractivity contribution in [1.29, 1.82) is 0 Å². The van der Waals surface area contributed by atoms with Crippen LogP contribution >= 0.6 is 0 Å². The molecule has 1 saturated heterocycles. The van der Waals surface area contributed by atoms with Crippen LogP contribution < -0.4 is 0 Å². The van der Waals surface area contributed by atoms with Gasteiger partial charge in [0.15, 0.2) is 0 Å². The van der Waals surface area contributed by atoms with Crippen LogP contribution in [-0.2, 0) is 13.6 Å². The number of aromatic nitrogens is 3. The lowest BCUT2D eigenvalue weighted by Gasteiger charge is -2.22. The zero-order valence-corrected chi connectivity index (χ0v) is 15.1. The largest absolute Gasteiger partial charge is 0.444 e. The first-order chi connectivity index (χ1) is 12.1. The smallest absolute Gasteiger partial charge is 0.226 e. The van der Waals surface area contributed by atoms with Gasteiger partial charge in [0, 0.05) is 37.0 Å². The molecule has 0 bridgehead atoms. The van der Waals surface area contributed by atoms with Crippen LogP contribution in [0.2, 0.25) is 0 Å². The number of aryl methyl sites for hydroxylation is 3. The summed E-state index contributed by atoms with van der Waals surface area (Å²) in [5.41, 5.74) is 5.80. The van der Waals surface area contributed by atoms with Crippen molar-refractivity contribution in [3.8, 4) is 11.5 Å². The molecule has 3 heterocycles. The van der Waals surface area contributed by atoms with Crippen LogP contribution in [0, 0.1) is 13.8 Å². The lowest BCUT2D eigenvalue weighted by molar-refractivity contribution is 0.245. The van der Waals surface area contributed by atoms with E-state index in [9.17, 15) is 0 Å². The summed E-state index contributed by atoms with van der Waals surface area (Å²) in [6.45, 7) is 6.11. The van der Waals surface area contributed by atoms with Crippen LogP contribution in [0.1, 0.15) is 41.3 Å². The summed E-state index contributed by atoms with van der Waals surface area (Å²) in [5.74, 6) is 0.713. The van der Waals surface area contributed by atoms with Gasteiger partial charge in [-0.15, -0.1) is 0 Å². The predicted molar refractivity (Wildman–Crippen MR) is 97.0 cm³/mol. The summed E-state index contributed by atoms with van der Waals surface area (Å²) < 4.78 is 7.65. The first-order valence-corrected chi connectivity index (χ1v) is 8.85. The number of hydrogen-bond acceptors (Lipinski definition) is 4. The maximum Gasteiger partial charge on any atom is 0.226 e. The third kappa shape index (κ3) is 3.24. The van der Waals surface area contributed by atoms with Gasteiger partial charge in [0.05, 0.1) is 11.9 Å². The molecule has 1 aliphatic rings. The van der Waals surface area contributed by atoms with E-state index >= 15 is 0 Å². The van der Waals surface area contributed by atoms with E-state index in [1.165, 1.54) is 29.5 Å². The van der Waals surface area contributed by atoms with Crippen molar-refractivity contribution < 1.29 is 4.42 Å². The molecule has 4 rings (SSSR count). The molecule has 0 N–H and O–H groups in total. The Hall–Kier alpha value is -2.40. The van der Waals surface area contributed by atoms with Crippen molar-refractivity contribution in [2.24, 2.45) is 7.05 Å². The summed E-state index contributed by atoms with van der Waals surface area (Å²) in [7, 11) is 1.97. The molecule has 1 atom stereocenters. The number of likely N-dealkylation sites (tertiary alicyclic amines) is 1. The van der Waals surface area contributed by atoms with Gasteiger partial charge in [0.25, 0.3) is 0 Å². The fourth-order valence-electron chi connectivity index (χ4n) is 3.77. The van der Waals surface area contributed by atoms with Crippen LogP contribution in [0.3, 0.4) is 0 Å². The third-order valence-electron chi connectivity index (χ3n) is 5.00. The second kappa shape index (κ2) is 6.48. The quantitative estimate of drug-likeness (QED) is 0.722. The summed E-state index contributed by atoms with van der Waals surface area (Å²) in [6, 6.07) is 6.78. The highest BCUT2D eigenvalue weighted by atomic mass is 16.3. The maximum atomic E-state index is 5.77. The molecule has 0 radical (unpaired) electrons. The van der Waals surface area contributed by atoms with Crippen LogP contribution in [0.15, 0.2) is 41.3 Å². The van der Waals surface area contributed by atoms with Gasteiger partial charge < -0.3 is 4.42 Å². The highest BCUT2D eigenvalue weighted by Crippen LogP contribution is 2.33. The van der Waals surface area contributed by atoms with Gasteiger partial charge >= 0.3 is 0 Å². The topological polar surface area (TPSA) is 47.1 Å². The second-order valence-electron chi connectivity index (χ2n) is 7.04. The summed E-state index contributed by atoms with van der Waals surface area (Å²) >= 11 is 0. The van der Waals surface area contributed by atoms with Crippen molar-refractivity contribution in [2.75, 3.05) is 6.54 Å². The lowest BCUT2D eigenvalue weighted by Crippen LogP contribution is -2.22. The molecule has 1 aliphatic heterocycles.